The number of aliphatic carboxylic acids is 1. The number of aromatic amines is 1. The Balaban J connectivity index is 2.29. The summed E-state index contributed by atoms with van der Waals surface area (Å²) in [6.45, 7) is 4.15. The fourth-order valence-electron chi connectivity index (χ4n) is 1.80. The third-order valence-corrected chi connectivity index (χ3v) is 3.65. The Bertz CT molecular complexity index is 727. The third-order valence-electron chi connectivity index (χ3n) is 2.77. The first-order valence-corrected chi connectivity index (χ1v) is 7.67. The number of aromatic nitrogens is 3. The molecule has 0 amide bonds. The molecule has 1 aromatic heterocycles. The molecule has 0 saturated carbocycles. The van der Waals surface area contributed by atoms with Crippen LogP contribution in [0.25, 0.3) is 6.08 Å². The Morgan fingerprint density at radius 3 is 2.78 bits per heavy atom. The number of nitrogens with one attached hydrogen (secondary N) is 1. The molecule has 0 atom stereocenters. The molecule has 23 heavy (non-hydrogen) atoms. The number of thioether (sulfide) groups is 1. The minimum absolute atomic E-state index is 0.107. The van der Waals surface area contributed by atoms with Crippen molar-refractivity contribution >= 4 is 23.8 Å². The molecule has 2 aromatic rings. The first-order chi connectivity index (χ1) is 11.0. The summed E-state index contributed by atoms with van der Waals surface area (Å²) >= 11 is 0.976. The second-order valence-corrected chi connectivity index (χ2v) is 5.47. The van der Waals surface area contributed by atoms with E-state index in [0.29, 0.717) is 34.7 Å². The molecule has 2 N–H and O–H groups in total. The van der Waals surface area contributed by atoms with Crippen molar-refractivity contribution < 1.29 is 19.4 Å². The highest BCUT2D eigenvalue weighted by Crippen LogP contribution is 2.31. The van der Waals surface area contributed by atoms with Crippen LogP contribution in [-0.2, 0) is 4.79 Å². The molecule has 0 radical (unpaired) electrons. The molecule has 0 saturated heterocycles. The van der Waals surface area contributed by atoms with Gasteiger partial charge in [-0.05, 0) is 49.4 Å². The van der Waals surface area contributed by atoms with Crippen molar-refractivity contribution in [2.45, 2.75) is 19.0 Å². The van der Waals surface area contributed by atoms with Crippen molar-refractivity contribution in [3.63, 3.8) is 0 Å². The molecular weight excluding hydrogens is 318 g/mol. The Kier molecular flexibility index (Phi) is 5.64. The predicted molar refractivity (Wildman–Crippen MR) is 86.8 cm³/mol. The van der Waals surface area contributed by atoms with Gasteiger partial charge in [0, 0.05) is 0 Å². The molecule has 0 aliphatic rings. The first-order valence-electron chi connectivity index (χ1n) is 6.86. The van der Waals surface area contributed by atoms with Crippen LogP contribution in [0, 0.1) is 6.92 Å². The number of benzene rings is 1. The lowest BCUT2D eigenvalue weighted by Gasteiger charge is -2.09. The summed E-state index contributed by atoms with van der Waals surface area (Å²) in [5.41, 5.74) is 0.683. The van der Waals surface area contributed by atoms with Gasteiger partial charge in [0.1, 0.15) is 10.7 Å². The summed E-state index contributed by atoms with van der Waals surface area (Å²) in [7, 11) is 1.54. The van der Waals surface area contributed by atoms with Crippen LogP contribution < -0.4 is 9.47 Å². The zero-order chi connectivity index (χ0) is 16.8. The number of H-pyrrole nitrogens is 1. The van der Waals surface area contributed by atoms with Crippen LogP contribution in [0.1, 0.15) is 18.3 Å². The van der Waals surface area contributed by atoms with E-state index >= 15 is 0 Å². The van der Waals surface area contributed by atoms with E-state index in [4.69, 9.17) is 9.47 Å². The predicted octanol–water partition coefficient (Wildman–Crippen LogP) is 2.74. The van der Waals surface area contributed by atoms with Gasteiger partial charge in [-0.15, -0.1) is 5.10 Å². The van der Waals surface area contributed by atoms with E-state index in [-0.39, 0.29) is 4.91 Å². The van der Waals surface area contributed by atoms with Crippen LogP contribution in [0.3, 0.4) is 0 Å². The summed E-state index contributed by atoms with van der Waals surface area (Å²) in [5, 5.41) is 16.3. The van der Waals surface area contributed by atoms with Crippen LogP contribution >= 0.6 is 11.8 Å². The fraction of sp³-hybridized carbons (Fsp3) is 0.267. The number of carbonyl (C=O) groups is 1. The zero-order valence-corrected chi connectivity index (χ0v) is 13.8. The molecule has 7 nitrogen and oxygen atoms in total. The average Bonchev–Trinajstić information content (AvgIpc) is 2.93. The maximum Gasteiger partial charge on any atom is 0.342 e. The fourth-order valence-corrected chi connectivity index (χ4v) is 2.55. The van der Waals surface area contributed by atoms with Crippen LogP contribution in [0.4, 0.5) is 0 Å². The third kappa shape index (κ3) is 4.49. The smallest absolute Gasteiger partial charge is 0.342 e. The van der Waals surface area contributed by atoms with E-state index in [0.717, 1.165) is 11.8 Å². The van der Waals surface area contributed by atoms with E-state index in [1.807, 2.05) is 6.92 Å². The molecular formula is C15H17N3O4S. The number of carboxylic acids is 1. The number of nitrogens with zero attached hydrogens (tertiary/aromatic N) is 2. The van der Waals surface area contributed by atoms with Gasteiger partial charge in [0.25, 0.3) is 0 Å². The molecule has 0 spiro atoms. The molecule has 0 fully saturated rings. The number of ether oxygens (including phenoxy) is 2. The lowest BCUT2D eigenvalue weighted by Crippen LogP contribution is -1.98. The van der Waals surface area contributed by atoms with Crippen molar-refractivity contribution in [2.75, 3.05) is 13.7 Å². The van der Waals surface area contributed by atoms with Crippen molar-refractivity contribution in [3.8, 4) is 11.5 Å². The summed E-state index contributed by atoms with van der Waals surface area (Å²) in [6, 6.07) is 5.23. The molecule has 0 bridgehead atoms. The van der Waals surface area contributed by atoms with E-state index in [1.54, 1.807) is 25.1 Å². The highest BCUT2D eigenvalue weighted by molar-refractivity contribution is 8.04. The summed E-state index contributed by atoms with van der Waals surface area (Å²) in [4.78, 5) is 15.6. The van der Waals surface area contributed by atoms with Gasteiger partial charge in [0.05, 0.1) is 13.7 Å². The molecule has 8 heteroatoms. The first kappa shape index (κ1) is 16.9. The number of hydrogen-bond donors (Lipinski definition) is 2. The number of methoxy groups -OCH3 is 1. The lowest BCUT2D eigenvalue weighted by atomic mass is 10.2. The Morgan fingerprint density at radius 2 is 2.22 bits per heavy atom. The van der Waals surface area contributed by atoms with Gasteiger partial charge in [-0.1, -0.05) is 6.07 Å². The maximum atomic E-state index is 11.4. The largest absolute Gasteiger partial charge is 0.493 e. The summed E-state index contributed by atoms with van der Waals surface area (Å²) < 4.78 is 10.7. The number of rotatable bonds is 7. The lowest BCUT2D eigenvalue weighted by molar-refractivity contribution is -0.131. The van der Waals surface area contributed by atoms with E-state index < -0.39 is 5.97 Å². The maximum absolute atomic E-state index is 11.4. The van der Waals surface area contributed by atoms with Gasteiger partial charge >= 0.3 is 5.97 Å². The van der Waals surface area contributed by atoms with Crippen molar-refractivity contribution in [3.05, 3.63) is 34.5 Å². The van der Waals surface area contributed by atoms with Gasteiger partial charge in [-0.2, -0.15) is 0 Å². The minimum atomic E-state index is -1.05. The number of aryl methyl sites for hydroxylation is 1. The Labute approximate surface area is 137 Å². The minimum Gasteiger partial charge on any atom is -0.493 e. The van der Waals surface area contributed by atoms with Crippen molar-refractivity contribution in [1.29, 1.82) is 0 Å². The van der Waals surface area contributed by atoms with Crippen molar-refractivity contribution in [1.82, 2.24) is 15.2 Å². The number of carboxylic acid groups (broad SMARTS) is 1. The molecule has 0 aliphatic carbocycles. The van der Waals surface area contributed by atoms with Crippen LogP contribution in [-0.4, -0.2) is 40.0 Å². The van der Waals surface area contributed by atoms with Gasteiger partial charge in [0.2, 0.25) is 5.16 Å². The van der Waals surface area contributed by atoms with Crippen LogP contribution in [0.5, 0.6) is 11.5 Å². The van der Waals surface area contributed by atoms with Crippen molar-refractivity contribution in [2.24, 2.45) is 0 Å². The van der Waals surface area contributed by atoms with Gasteiger partial charge in [0.15, 0.2) is 11.5 Å². The standard InChI is InChI=1S/C15H17N3O4S/c1-4-22-11-6-5-10(7-12(11)21-3)8-13(14(19)20)23-15-16-9(2)17-18-15/h5-8H,4H2,1-3H3,(H,19,20)(H,16,17,18)/b13-8+. The normalized spacial score (nSPS) is 11.3. The molecule has 122 valence electrons. The molecule has 0 aliphatic heterocycles. The van der Waals surface area contributed by atoms with Crippen LogP contribution in [0.2, 0.25) is 0 Å². The summed E-state index contributed by atoms with van der Waals surface area (Å²) in [5.74, 6) is 0.732. The quantitative estimate of drug-likeness (QED) is 0.593. The molecule has 2 rings (SSSR count). The monoisotopic (exact) mass is 335 g/mol. The zero-order valence-electron chi connectivity index (χ0n) is 13.0. The van der Waals surface area contributed by atoms with E-state index in [9.17, 15) is 9.90 Å². The highest BCUT2D eigenvalue weighted by atomic mass is 32.2. The van der Waals surface area contributed by atoms with Gasteiger partial charge < -0.3 is 14.6 Å². The number of hydrogen-bond acceptors (Lipinski definition) is 6. The Morgan fingerprint density at radius 1 is 1.43 bits per heavy atom. The van der Waals surface area contributed by atoms with E-state index in [1.165, 1.54) is 13.2 Å². The second kappa shape index (κ2) is 7.68. The average molecular weight is 335 g/mol. The topological polar surface area (TPSA) is 97.3 Å². The summed E-state index contributed by atoms with van der Waals surface area (Å²) in [6.07, 6.45) is 1.54. The van der Waals surface area contributed by atoms with E-state index in [2.05, 4.69) is 15.2 Å². The van der Waals surface area contributed by atoms with Gasteiger partial charge in [-0.25, -0.2) is 9.78 Å². The van der Waals surface area contributed by atoms with Crippen LogP contribution in [0.15, 0.2) is 28.3 Å². The molecule has 1 heterocycles. The SMILES string of the molecule is CCOc1ccc(/C=C(/Sc2n[nH]c(C)n2)C(=O)O)cc1OC. The molecule has 1 aromatic carbocycles. The molecule has 0 unspecified atom stereocenters. The second-order valence-electron chi connectivity index (χ2n) is 4.46. The highest BCUT2D eigenvalue weighted by Gasteiger charge is 2.14. The Hall–Kier alpha value is -2.48. The van der Waals surface area contributed by atoms with Gasteiger partial charge in [-0.3, -0.25) is 5.10 Å².